The molecule has 0 aromatic heterocycles. The van der Waals surface area contributed by atoms with E-state index >= 15 is 0 Å². The van der Waals surface area contributed by atoms with Gasteiger partial charge in [0.1, 0.15) is 0 Å². The van der Waals surface area contributed by atoms with Crippen LogP contribution in [-0.2, 0) is 4.79 Å². The van der Waals surface area contributed by atoms with E-state index in [2.05, 4.69) is 0 Å². The lowest BCUT2D eigenvalue weighted by molar-refractivity contribution is -0.118. The van der Waals surface area contributed by atoms with Crippen molar-refractivity contribution in [2.75, 3.05) is 18.0 Å². The van der Waals surface area contributed by atoms with E-state index < -0.39 is 0 Å². The first-order valence-corrected chi connectivity index (χ1v) is 6.71. The Kier molecular flexibility index (Phi) is 3.88. The molecular weight excluding hydrogens is 268 g/mol. The third-order valence-corrected chi connectivity index (χ3v) is 3.78. The molecule has 0 spiro atoms. The van der Waals surface area contributed by atoms with E-state index in [0.717, 1.165) is 17.8 Å². The van der Waals surface area contributed by atoms with Gasteiger partial charge >= 0.3 is 0 Å². The van der Waals surface area contributed by atoms with Gasteiger partial charge in [0.15, 0.2) is 5.11 Å². The van der Waals surface area contributed by atoms with Crippen molar-refractivity contribution in [3.63, 3.8) is 0 Å². The van der Waals surface area contributed by atoms with Crippen LogP contribution >= 0.6 is 23.8 Å². The minimum absolute atomic E-state index is 0.0371. The van der Waals surface area contributed by atoms with Gasteiger partial charge in [-0.05, 0) is 43.8 Å². The lowest BCUT2D eigenvalue weighted by Gasteiger charge is -2.37. The summed E-state index contributed by atoms with van der Waals surface area (Å²) in [6.45, 7) is 5.49. The number of halogens is 1. The quantitative estimate of drug-likeness (QED) is 0.779. The van der Waals surface area contributed by atoms with Crippen molar-refractivity contribution in [3.8, 4) is 0 Å². The highest BCUT2D eigenvalue weighted by atomic mass is 35.5. The Morgan fingerprint density at radius 1 is 1.44 bits per heavy atom. The molecule has 1 amide bonds. The maximum Gasteiger partial charge on any atom is 0.235 e. The number of anilines is 1. The second kappa shape index (κ2) is 5.24. The van der Waals surface area contributed by atoms with Gasteiger partial charge < -0.3 is 4.90 Å². The molecule has 0 N–H and O–H groups in total. The van der Waals surface area contributed by atoms with Gasteiger partial charge in [-0.15, -0.1) is 0 Å². The van der Waals surface area contributed by atoms with Crippen molar-refractivity contribution >= 4 is 40.5 Å². The summed E-state index contributed by atoms with van der Waals surface area (Å²) < 4.78 is 0. The Bertz CT molecular complexity index is 504. The summed E-state index contributed by atoms with van der Waals surface area (Å²) in [5.41, 5.74) is 1.78. The Morgan fingerprint density at radius 3 is 2.83 bits per heavy atom. The lowest BCUT2D eigenvalue weighted by Crippen LogP contribution is -2.52. The summed E-state index contributed by atoms with van der Waals surface area (Å²) in [6.07, 6.45) is 0.486. The van der Waals surface area contributed by atoms with Crippen LogP contribution in [0.25, 0.3) is 0 Å². The fourth-order valence-electron chi connectivity index (χ4n) is 2.04. The zero-order valence-corrected chi connectivity index (χ0v) is 12.0. The molecule has 3 nitrogen and oxygen atoms in total. The maximum atomic E-state index is 12.1. The number of rotatable bonds is 2. The summed E-state index contributed by atoms with van der Waals surface area (Å²) in [4.78, 5) is 15.7. The maximum absolute atomic E-state index is 12.1. The van der Waals surface area contributed by atoms with Gasteiger partial charge in [0.25, 0.3) is 0 Å². The van der Waals surface area contributed by atoms with E-state index in [4.69, 9.17) is 23.8 Å². The second-order valence-corrected chi connectivity index (χ2v) is 5.07. The molecular formula is C13H15ClN2OS. The number of amides is 1. The summed E-state index contributed by atoms with van der Waals surface area (Å²) in [5, 5.41) is 1.18. The number of carbonyl (C=O) groups excluding carboxylic acids is 1. The van der Waals surface area contributed by atoms with Crippen LogP contribution in [0.2, 0.25) is 5.02 Å². The number of carbonyl (C=O) groups is 1. The Balaban J connectivity index is 2.43. The molecule has 0 atom stereocenters. The highest BCUT2D eigenvalue weighted by Crippen LogP contribution is 2.27. The first-order chi connectivity index (χ1) is 8.54. The molecule has 1 heterocycles. The monoisotopic (exact) mass is 282 g/mol. The molecule has 5 heteroatoms. The van der Waals surface area contributed by atoms with E-state index in [1.54, 1.807) is 11.0 Å². The average molecular weight is 283 g/mol. The number of hydrogen-bond donors (Lipinski definition) is 0. The first kappa shape index (κ1) is 13.3. The zero-order chi connectivity index (χ0) is 13.3. The van der Waals surface area contributed by atoms with Gasteiger partial charge in [-0.3, -0.25) is 9.69 Å². The first-order valence-electron chi connectivity index (χ1n) is 5.92. The summed E-state index contributed by atoms with van der Waals surface area (Å²) >= 11 is 11.4. The summed E-state index contributed by atoms with van der Waals surface area (Å²) in [6, 6.07) is 5.51. The Morgan fingerprint density at radius 2 is 2.17 bits per heavy atom. The zero-order valence-electron chi connectivity index (χ0n) is 10.4. The van der Waals surface area contributed by atoms with Gasteiger partial charge in [0.2, 0.25) is 5.91 Å². The number of benzene rings is 1. The number of hydrogen-bond acceptors (Lipinski definition) is 2. The average Bonchev–Trinajstić information content (AvgIpc) is 2.34. The van der Waals surface area contributed by atoms with Crippen molar-refractivity contribution in [1.29, 1.82) is 0 Å². The van der Waals surface area contributed by atoms with Gasteiger partial charge in [-0.25, -0.2) is 0 Å². The van der Waals surface area contributed by atoms with Crippen LogP contribution in [0.15, 0.2) is 18.2 Å². The lowest BCUT2D eigenvalue weighted by atomic mass is 10.1. The number of aryl methyl sites for hydroxylation is 1. The molecule has 1 aromatic carbocycles. The normalized spacial score (nSPS) is 16.4. The topological polar surface area (TPSA) is 23.6 Å². The molecule has 1 aromatic rings. The molecule has 96 valence electrons. The predicted molar refractivity (Wildman–Crippen MR) is 78.1 cm³/mol. The minimum atomic E-state index is 0.0371. The van der Waals surface area contributed by atoms with Gasteiger partial charge in [0, 0.05) is 24.5 Å². The van der Waals surface area contributed by atoms with Gasteiger partial charge in [-0.2, -0.15) is 0 Å². The van der Waals surface area contributed by atoms with E-state index in [9.17, 15) is 4.79 Å². The smallest absolute Gasteiger partial charge is 0.235 e. The summed E-state index contributed by atoms with van der Waals surface area (Å²) in [7, 11) is 0. The highest BCUT2D eigenvalue weighted by molar-refractivity contribution is 7.80. The van der Waals surface area contributed by atoms with Crippen molar-refractivity contribution < 1.29 is 4.79 Å². The standard InChI is InChI=1S/C13H15ClN2OS/c1-3-15-7-6-12(17)16(13(15)18)11-8-10(14)5-4-9(11)2/h4-5,8H,3,6-7H2,1-2H3. The van der Waals surface area contributed by atoms with Gasteiger partial charge in [-0.1, -0.05) is 17.7 Å². The van der Waals surface area contributed by atoms with Gasteiger partial charge in [0.05, 0.1) is 5.69 Å². The van der Waals surface area contributed by atoms with E-state index in [-0.39, 0.29) is 5.91 Å². The van der Waals surface area contributed by atoms with Crippen LogP contribution in [0.4, 0.5) is 5.69 Å². The third kappa shape index (κ3) is 2.35. The second-order valence-electron chi connectivity index (χ2n) is 4.27. The largest absolute Gasteiger partial charge is 0.348 e. The van der Waals surface area contributed by atoms with Crippen molar-refractivity contribution in [2.45, 2.75) is 20.3 Å². The van der Waals surface area contributed by atoms with Crippen LogP contribution in [0.5, 0.6) is 0 Å². The van der Waals surface area contributed by atoms with Crippen LogP contribution in [0.3, 0.4) is 0 Å². The van der Waals surface area contributed by atoms with Crippen molar-refractivity contribution in [3.05, 3.63) is 28.8 Å². The molecule has 1 saturated heterocycles. The minimum Gasteiger partial charge on any atom is -0.348 e. The van der Waals surface area contributed by atoms with Crippen molar-refractivity contribution in [2.24, 2.45) is 0 Å². The van der Waals surface area contributed by atoms with Crippen LogP contribution < -0.4 is 4.90 Å². The van der Waals surface area contributed by atoms with E-state index in [1.165, 1.54) is 0 Å². The molecule has 0 unspecified atom stereocenters. The molecule has 0 radical (unpaired) electrons. The molecule has 0 bridgehead atoms. The third-order valence-electron chi connectivity index (χ3n) is 3.10. The van der Waals surface area contributed by atoms with Crippen LogP contribution in [-0.4, -0.2) is 29.0 Å². The molecule has 2 rings (SSSR count). The molecule has 18 heavy (non-hydrogen) atoms. The Hall–Kier alpha value is -1.13. The van der Waals surface area contributed by atoms with Crippen LogP contribution in [0.1, 0.15) is 18.9 Å². The highest BCUT2D eigenvalue weighted by Gasteiger charge is 2.30. The molecule has 0 saturated carbocycles. The van der Waals surface area contributed by atoms with Crippen molar-refractivity contribution in [1.82, 2.24) is 4.90 Å². The molecule has 1 aliphatic heterocycles. The van der Waals surface area contributed by atoms with Crippen LogP contribution in [0, 0.1) is 6.92 Å². The molecule has 1 aliphatic rings. The molecule has 1 fully saturated rings. The Labute approximate surface area is 117 Å². The number of nitrogens with zero attached hydrogens (tertiary/aromatic N) is 2. The number of thiocarbonyl (C=S) groups is 1. The predicted octanol–water partition coefficient (Wildman–Crippen LogP) is 2.99. The summed E-state index contributed by atoms with van der Waals surface area (Å²) in [5.74, 6) is 0.0371. The fourth-order valence-corrected chi connectivity index (χ4v) is 2.63. The fraction of sp³-hybridized carbons (Fsp3) is 0.385. The SMILES string of the molecule is CCN1CCC(=O)N(c2cc(Cl)ccc2C)C1=S. The van der Waals surface area contributed by atoms with E-state index in [0.29, 0.717) is 23.1 Å². The molecule has 0 aliphatic carbocycles. The van der Waals surface area contributed by atoms with E-state index in [1.807, 2.05) is 30.9 Å².